The molecule has 0 unspecified atom stereocenters. The van der Waals surface area contributed by atoms with Crippen LogP contribution in [-0.4, -0.2) is 41.8 Å². The van der Waals surface area contributed by atoms with Gasteiger partial charge in [0.25, 0.3) is 0 Å². The first-order chi connectivity index (χ1) is 9.47. The first-order valence-electron chi connectivity index (χ1n) is 6.45. The van der Waals surface area contributed by atoms with Gasteiger partial charge in [-0.05, 0) is 33.6 Å². The average Bonchev–Trinajstić information content (AvgIpc) is 2.91. The molecule has 3 rings (SSSR count). The fraction of sp³-hybridized carbons (Fsp3) is 0.429. The van der Waals surface area contributed by atoms with Gasteiger partial charge in [-0.1, -0.05) is 6.07 Å². The molecular formula is C14H14BrFN2O2. The maximum absolute atomic E-state index is 13.2. The Labute approximate surface area is 124 Å². The number of fused-ring (bicyclic) bond motifs is 1. The lowest BCUT2D eigenvalue weighted by Crippen LogP contribution is -2.32. The van der Waals surface area contributed by atoms with Gasteiger partial charge in [0, 0.05) is 26.7 Å². The first kappa shape index (κ1) is 13.7. The Hall–Kier alpha value is -1.27. The quantitative estimate of drug-likeness (QED) is 0.768. The molecule has 1 aromatic rings. The molecule has 2 fully saturated rings. The number of halogens is 2. The summed E-state index contributed by atoms with van der Waals surface area (Å²) in [6.07, 6.45) is 0. The molecular weight excluding hydrogens is 327 g/mol. The van der Waals surface area contributed by atoms with Crippen LogP contribution in [0.15, 0.2) is 22.7 Å². The molecule has 0 saturated carbocycles. The largest absolute Gasteiger partial charge is 0.297 e. The van der Waals surface area contributed by atoms with E-state index in [2.05, 4.69) is 20.8 Å². The first-order valence-corrected chi connectivity index (χ1v) is 7.24. The van der Waals surface area contributed by atoms with Gasteiger partial charge in [0.05, 0.1) is 16.3 Å². The molecule has 106 valence electrons. The van der Waals surface area contributed by atoms with Crippen LogP contribution in [0.4, 0.5) is 4.39 Å². The summed E-state index contributed by atoms with van der Waals surface area (Å²) in [7, 11) is 1.55. The van der Waals surface area contributed by atoms with Crippen LogP contribution in [0.5, 0.6) is 0 Å². The second kappa shape index (κ2) is 4.93. The number of carbonyl (C=O) groups excluding carboxylic acids is 2. The predicted molar refractivity (Wildman–Crippen MR) is 74.1 cm³/mol. The molecule has 1 aromatic carbocycles. The van der Waals surface area contributed by atoms with Crippen molar-refractivity contribution in [2.75, 3.05) is 20.1 Å². The van der Waals surface area contributed by atoms with E-state index in [-0.39, 0.29) is 29.5 Å². The van der Waals surface area contributed by atoms with E-state index in [0.29, 0.717) is 24.1 Å². The lowest BCUT2D eigenvalue weighted by Gasteiger charge is -2.18. The monoisotopic (exact) mass is 340 g/mol. The summed E-state index contributed by atoms with van der Waals surface area (Å²) in [4.78, 5) is 27.1. The summed E-state index contributed by atoms with van der Waals surface area (Å²) in [6.45, 7) is 1.80. The molecule has 6 heteroatoms. The Balaban J connectivity index is 1.71. The van der Waals surface area contributed by atoms with Crippen molar-refractivity contribution in [2.24, 2.45) is 11.8 Å². The van der Waals surface area contributed by atoms with Crippen molar-refractivity contribution in [3.05, 3.63) is 34.1 Å². The highest BCUT2D eigenvalue weighted by Gasteiger charge is 2.50. The minimum Gasteiger partial charge on any atom is -0.297 e. The third-order valence-electron chi connectivity index (χ3n) is 4.08. The van der Waals surface area contributed by atoms with Crippen LogP contribution in [0, 0.1) is 17.7 Å². The number of likely N-dealkylation sites (tertiary alicyclic amines) is 2. The Morgan fingerprint density at radius 1 is 1.25 bits per heavy atom. The van der Waals surface area contributed by atoms with Crippen molar-refractivity contribution in [2.45, 2.75) is 6.54 Å². The molecule has 4 nitrogen and oxygen atoms in total. The van der Waals surface area contributed by atoms with Crippen LogP contribution < -0.4 is 0 Å². The smallest absolute Gasteiger partial charge is 0.234 e. The van der Waals surface area contributed by atoms with E-state index in [4.69, 9.17) is 0 Å². The molecule has 2 heterocycles. The highest BCUT2D eigenvalue weighted by Crippen LogP contribution is 2.33. The summed E-state index contributed by atoms with van der Waals surface area (Å²) >= 11 is 3.16. The Morgan fingerprint density at radius 3 is 2.40 bits per heavy atom. The van der Waals surface area contributed by atoms with Crippen LogP contribution in [-0.2, 0) is 16.1 Å². The molecule has 0 spiro atoms. The zero-order chi connectivity index (χ0) is 14.4. The van der Waals surface area contributed by atoms with Gasteiger partial charge in [0.15, 0.2) is 0 Å². The SMILES string of the molecule is CN1C(=O)[C@H]2CN(Cc3ccc(F)c(Br)c3)C[C@H]2C1=O. The summed E-state index contributed by atoms with van der Waals surface area (Å²) in [5.74, 6) is -0.877. The molecule has 2 aliphatic heterocycles. The second-order valence-corrected chi connectivity index (χ2v) is 6.25. The van der Waals surface area contributed by atoms with E-state index in [1.165, 1.54) is 11.0 Å². The summed E-state index contributed by atoms with van der Waals surface area (Å²) < 4.78 is 13.6. The molecule has 0 aromatic heterocycles. The Morgan fingerprint density at radius 2 is 1.85 bits per heavy atom. The van der Waals surface area contributed by atoms with Crippen LogP contribution in [0.1, 0.15) is 5.56 Å². The van der Waals surface area contributed by atoms with E-state index in [1.54, 1.807) is 19.2 Å². The Kier molecular flexibility index (Phi) is 3.38. The highest BCUT2D eigenvalue weighted by atomic mass is 79.9. The van der Waals surface area contributed by atoms with E-state index < -0.39 is 0 Å². The maximum Gasteiger partial charge on any atom is 0.234 e. The number of hydrogen-bond acceptors (Lipinski definition) is 3. The number of rotatable bonds is 2. The topological polar surface area (TPSA) is 40.6 Å². The van der Waals surface area contributed by atoms with E-state index in [9.17, 15) is 14.0 Å². The standard InChI is InChI=1S/C14H14BrFN2O2/c1-17-13(19)9-6-18(7-10(9)14(17)20)5-8-2-3-12(16)11(15)4-8/h2-4,9-10H,5-7H2,1H3/t9-,10+. The molecule has 2 aliphatic rings. The van der Waals surface area contributed by atoms with Crippen molar-refractivity contribution in [3.63, 3.8) is 0 Å². The van der Waals surface area contributed by atoms with Crippen molar-refractivity contribution >= 4 is 27.7 Å². The van der Waals surface area contributed by atoms with Crippen LogP contribution in [0.3, 0.4) is 0 Å². The molecule has 2 atom stereocenters. The van der Waals surface area contributed by atoms with Gasteiger partial charge in [-0.3, -0.25) is 19.4 Å². The zero-order valence-corrected chi connectivity index (χ0v) is 12.6. The summed E-state index contributed by atoms with van der Waals surface area (Å²) in [6, 6.07) is 4.88. The molecule has 2 saturated heterocycles. The normalized spacial score (nSPS) is 26.4. The van der Waals surface area contributed by atoms with Crippen molar-refractivity contribution < 1.29 is 14.0 Å². The lowest BCUT2D eigenvalue weighted by atomic mass is 10.00. The summed E-state index contributed by atoms with van der Waals surface area (Å²) in [5.41, 5.74) is 0.964. The lowest BCUT2D eigenvalue weighted by molar-refractivity contribution is -0.138. The van der Waals surface area contributed by atoms with Crippen LogP contribution in [0.2, 0.25) is 0 Å². The van der Waals surface area contributed by atoms with Gasteiger partial charge < -0.3 is 0 Å². The van der Waals surface area contributed by atoms with Gasteiger partial charge in [-0.15, -0.1) is 0 Å². The number of imide groups is 1. The molecule has 20 heavy (non-hydrogen) atoms. The highest BCUT2D eigenvalue weighted by molar-refractivity contribution is 9.10. The number of carbonyl (C=O) groups is 2. The fourth-order valence-electron chi connectivity index (χ4n) is 3.02. The van der Waals surface area contributed by atoms with E-state index in [1.807, 2.05) is 0 Å². The number of amides is 2. The minimum atomic E-state index is -0.293. The minimum absolute atomic E-state index is 0.0808. The number of benzene rings is 1. The van der Waals surface area contributed by atoms with E-state index >= 15 is 0 Å². The van der Waals surface area contributed by atoms with Gasteiger partial charge in [-0.25, -0.2) is 4.39 Å². The van der Waals surface area contributed by atoms with E-state index in [0.717, 1.165) is 5.56 Å². The fourth-order valence-corrected chi connectivity index (χ4v) is 3.44. The summed E-state index contributed by atoms with van der Waals surface area (Å²) in [5, 5.41) is 0. The third-order valence-corrected chi connectivity index (χ3v) is 4.69. The third kappa shape index (κ3) is 2.16. The van der Waals surface area contributed by atoms with Crippen molar-refractivity contribution in [1.29, 1.82) is 0 Å². The van der Waals surface area contributed by atoms with Gasteiger partial charge >= 0.3 is 0 Å². The van der Waals surface area contributed by atoms with Gasteiger partial charge in [-0.2, -0.15) is 0 Å². The van der Waals surface area contributed by atoms with Crippen molar-refractivity contribution in [3.8, 4) is 0 Å². The Bertz CT molecular complexity index is 569. The van der Waals surface area contributed by atoms with Gasteiger partial charge in [0.2, 0.25) is 11.8 Å². The molecule has 0 aliphatic carbocycles. The number of hydrogen-bond donors (Lipinski definition) is 0. The van der Waals surface area contributed by atoms with Gasteiger partial charge in [0.1, 0.15) is 5.82 Å². The predicted octanol–water partition coefficient (Wildman–Crippen LogP) is 1.63. The second-order valence-electron chi connectivity index (χ2n) is 5.39. The van der Waals surface area contributed by atoms with Crippen LogP contribution >= 0.6 is 15.9 Å². The molecule has 2 amide bonds. The molecule has 0 bridgehead atoms. The van der Waals surface area contributed by atoms with Crippen LogP contribution in [0.25, 0.3) is 0 Å². The van der Waals surface area contributed by atoms with Crippen molar-refractivity contribution in [1.82, 2.24) is 9.80 Å². The molecule has 0 radical (unpaired) electrons. The zero-order valence-electron chi connectivity index (χ0n) is 11.0. The number of nitrogens with zero attached hydrogens (tertiary/aromatic N) is 2. The average molecular weight is 341 g/mol. The molecule has 0 N–H and O–H groups in total. The maximum atomic E-state index is 13.2.